The number of carbonyl (C=O) groups is 6. The van der Waals surface area contributed by atoms with E-state index in [1.807, 2.05) is 36.4 Å². The van der Waals surface area contributed by atoms with Gasteiger partial charge in [-0.15, -0.1) is 6.58 Å². The Kier molecular flexibility index (Phi) is 69.2. The number of allylic oxidation sites excluding steroid dienone is 3. The Morgan fingerprint density at radius 3 is 1.09 bits per heavy atom. The van der Waals surface area contributed by atoms with E-state index in [9.17, 15) is 93.9 Å². The normalized spacial score (nSPS) is 21.8. The van der Waals surface area contributed by atoms with Gasteiger partial charge >= 0.3 is 41.6 Å². The van der Waals surface area contributed by atoms with Crippen LogP contribution in [0.15, 0.2) is 96.6 Å². The number of carboxylic acids is 1. The molecule has 0 amide bonds. The number of rotatable bonds is 15. The Hall–Kier alpha value is 0.290. The van der Waals surface area contributed by atoms with Crippen LogP contribution in [0.4, 0.5) is 48.3 Å². The van der Waals surface area contributed by atoms with E-state index in [1.165, 1.54) is 103 Å². The summed E-state index contributed by atoms with van der Waals surface area (Å²) in [5.74, 6) is -25.1. The molecule has 123 heavy (non-hydrogen) atoms. The summed E-state index contributed by atoms with van der Waals surface area (Å²) in [6, 6.07) is 17.9. The Morgan fingerprint density at radius 2 is 0.797 bits per heavy atom. The topological polar surface area (TPSA) is 296 Å². The molecule has 2 saturated heterocycles. The SMILES string of the molecule is C=CCC.CC(=O)OCC1C(F)(F)C12CCCCC2.CC(=O)OCC=C1CCCCC1.COC(=O)C=C1CCCCC1.C[Si](C)(C)C(F)(F)F.NS(=O)(=O)N1CCC2(CC1)C(C(=O)O)C2(F)F.NS(=O)(=O)N1CCC2(CC1)C(C(=O)OCc1ccccc1)C2(F)F.O=C(OCc1ccccc1)C1C(F)(F)C12CCCCC2.[CH3-].[CH3-].[CH3-].[CH3-].[CH3-].[CH3-].[Y].[Y].[Y].[Y].[Y].[Y]. The molecule has 2 aromatic rings. The smallest absolute Gasteiger partial charge is 0.360 e. The number of carbonyl (C=O) groups excluding carboxylic acids is 5. The van der Waals surface area contributed by atoms with Crippen LogP contribution in [0, 0.1) is 89.9 Å². The number of alkyl halides is 11. The number of benzene rings is 2. The number of ether oxygens (including phenoxy) is 5. The Bertz CT molecular complexity index is 3720. The summed E-state index contributed by atoms with van der Waals surface area (Å²) in [4.78, 5) is 66.6. The molecule has 4 atom stereocenters. The first-order valence-electron chi connectivity index (χ1n) is 37.8. The van der Waals surface area contributed by atoms with E-state index in [-0.39, 0.29) is 324 Å². The summed E-state index contributed by atoms with van der Waals surface area (Å²) >= 11 is 0. The van der Waals surface area contributed by atoms with Crippen molar-refractivity contribution in [3.63, 3.8) is 0 Å². The molecule has 10 fully saturated rings. The van der Waals surface area contributed by atoms with E-state index in [0.717, 1.165) is 72.0 Å². The van der Waals surface area contributed by atoms with Crippen molar-refractivity contribution in [3.05, 3.63) is 152 Å². The van der Waals surface area contributed by atoms with Gasteiger partial charge in [0.15, 0.2) is 8.07 Å². The third kappa shape index (κ3) is 38.9. The molecule has 0 bridgehead atoms. The predicted molar refractivity (Wildman–Crippen MR) is 434 cm³/mol. The van der Waals surface area contributed by atoms with Gasteiger partial charge in [-0.1, -0.05) is 156 Å². The molecule has 694 valence electrons. The Morgan fingerprint density at radius 1 is 0.496 bits per heavy atom. The van der Waals surface area contributed by atoms with Crippen LogP contribution in [-0.2, 0) is 282 Å². The first-order valence-corrected chi connectivity index (χ1v) is 44.3. The number of methoxy groups -OCH3 is 1. The second-order valence-corrected chi connectivity index (χ2v) is 39.0. The number of esters is 5. The van der Waals surface area contributed by atoms with E-state index in [0.29, 0.717) is 37.9 Å². The van der Waals surface area contributed by atoms with Gasteiger partial charge in [-0.25, -0.2) is 50.2 Å². The molecular weight excluding hydrogens is 2140 g/mol. The molecule has 8 aliphatic carbocycles. The summed E-state index contributed by atoms with van der Waals surface area (Å²) in [6.07, 6.45) is 25.8. The van der Waals surface area contributed by atoms with Crippen LogP contribution in [0.1, 0.15) is 192 Å². The molecule has 8 saturated carbocycles. The van der Waals surface area contributed by atoms with Crippen molar-refractivity contribution in [1.29, 1.82) is 0 Å². The van der Waals surface area contributed by atoms with Gasteiger partial charge in [-0.05, 0) is 126 Å². The number of hydrogen-bond acceptors (Lipinski definition) is 15. The van der Waals surface area contributed by atoms with Crippen molar-refractivity contribution < 1.29 is 319 Å². The fourth-order valence-electron chi connectivity index (χ4n) is 15.4. The Labute approximate surface area is 878 Å². The third-order valence-corrected chi connectivity index (χ3v) is 26.4. The average molecular weight is 2270 g/mol. The number of hydrogen-bond donors (Lipinski definition) is 3. The molecule has 2 heterocycles. The maximum absolute atomic E-state index is 14.2. The molecule has 2 aliphatic heterocycles. The summed E-state index contributed by atoms with van der Waals surface area (Å²) in [5.41, 5.74) is -0.775. The molecule has 4 unspecified atom stereocenters. The van der Waals surface area contributed by atoms with E-state index >= 15 is 0 Å². The summed E-state index contributed by atoms with van der Waals surface area (Å²) in [5, 5.41) is 18.6. The molecule has 40 heteroatoms. The zero-order chi connectivity index (χ0) is 83.3. The quantitative estimate of drug-likeness (QED) is 0.0284. The van der Waals surface area contributed by atoms with Gasteiger partial charge in [0.2, 0.25) is 0 Å². The van der Waals surface area contributed by atoms with Gasteiger partial charge in [0.25, 0.3) is 44.1 Å². The minimum Gasteiger partial charge on any atom is -0.481 e. The number of nitrogens with zero attached hydrogens (tertiary/aromatic N) is 2. The number of nitrogens with two attached hydrogens (primary N) is 2. The number of carboxylic acid groups (broad SMARTS) is 1. The maximum atomic E-state index is 14.2. The number of aliphatic carboxylic acids is 1. The molecule has 6 radical (unpaired) electrons. The van der Waals surface area contributed by atoms with Crippen molar-refractivity contribution in [3.8, 4) is 0 Å². The van der Waals surface area contributed by atoms with E-state index in [2.05, 4.69) is 24.3 Å². The van der Waals surface area contributed by atoms with Crippen LogP contribution in [0.3, 0.4) is 0 Å². The first-order chi connectivity index (χ1) is 51.7. The van der Waals surface area contributed by atoms with Gasteiger partial charge in [0.05, 0.1) is 29.3 Å². The maximum Gasteiger partial charge on any atom is 0.360 e. The van der Waals surface area contributed by atoms with Crippen LogP contribution in [0.2, 0.25) is 19.6 Å². The monoisotopic (exact) mass is 2270 g/mol. The molecule has 2 aromatic carbocycles. The van der Waals surface area contributed by atoms with Crippen LogP contribution in [0.5, 0.6) is 0 Å². The van der Waals surface area contributed by atoms with E-state index in [1.54, 1.807) is 36.4 Å². The van der Waals surface area contributed by atoms with Crippen molar-refractivity contribution >= 4 is 64.3 Å². The number of halogens is 11. The van der Waals surface area contributed by atoms with E-state index in [4.69, 9.17) is 34.3 Å². The molecule has 20 nitrogen and oxygen atoms in total. The molecular formula is C83H129F11N4O16S2SiY6-6. The van der Waals surface area contributed by atoms with Crippen LogP contribution < -0.4 is 10.3 Å². The predicted octanol–water partition coefficient (Wildman–Crippen LogP) is 18.8. The van der Waals surface area contributed by atoms with Gasteiger partial charge in [0.1, 0.15) is 44.2 Å². The van der Waals surface area contributed by atoms with Gasteiger partial charge in [-0.2, -0.15) is 38.6 Å². The van der Waals surface area contributed by atoms with Crippen molar-refractivity contribution in [2.75, 3.05) is 46.5 Å². The van der Waals surface area contributed by atoms with Crippen LogP contribution in [0.25, 0.3) is 0 Å². The molecule has 0 aromatic heterocycles. The average Bonchev–Trinajstić information content (AvgIpc) is 1.53. The zero-order valence-electron chi connectivity index (χ0n) is 73.9. The summed E-state index contributed by atoms with van der Waals surface area (Å²) in [7, 11) is -9.22. The molecule has 4 spiro atoms. The minimum atomic E-state index is -3.92. The van der Waals surface area contributed by atoms with E-state index < -0.39 is 127 Å². The fourth-order valence-corrected chi connectivity index (χ4v) is 16.8. The first kappa shape index (κ1) is 139. The van der Waals surface area contributed by atoms with Crippen molar-refractivity contribution in [2.45, 2.75) is 244 Å². The van der Waals surface area contributed by atoms with Crippen LogP contribution >= 0.6 is 0 Å². The zero-order valence-corrected chi connectivity index (χ0v) is 93.6. The summed E-state index contributed by atoms with van der Waals surface area (Å²) in [6.45, 7) is 11.9. The minimum absolute atomic E-state index is 0. The second kappa shape index (κ2) is 61.3. The third-order valence-electron chi connectivity index (χ3n) is 22.5. The molecule has 12 rings (SSSR count). The van der Waals surface area contributed by atoms with Crippen LogP contribution in [-0.4, -0.2) is 150 Å². The Balaban J connectivity index is -0.000000208. The van der Waals surface area contributed by atoms with Gasteiger partial charge in [-0.3, -0.25) is 24.0 Å². The molecule has 5 N–H and O–H groups in total. The molecule has 10 aliphatic rings. The second-order valence-electron chi connectivity index (χ2n) is 30.9. The number of piperidine rings is 2. The summed E-state index contributed by atoms with van der Waals surface area (Å²) < 4.78 is 216. The standard InChI is InChI=1S/C16H18F2O2.C15H18F2N2O4S.C11H16F2O2.C10H16O2.C9H14O2.C8H12F2N2O4S.C4H9F3Si.C4H8.6CH3.6Y/c17-16(18)13(15(16)9-5-2-6-10-15)14(19)20-11-12-7-3-1-4-8-12;16-15(17)12(13(20)23-10-11-4-2-1-3-5-11)14(15)6-8-19(9-7-14)24(18,21)22;1-8(14)15-7-9-10(11(9,12)13)5-3-2-4-6-10;1-9(11)12-8-7-10-5-3-2-4-6-10;1-11-9(10)7-8-5-3-2-4-6-8;9-8(10)5(6(13)14)7(8)1-3-12(4-2-7)17(11,15)16;1-8(2,3)4(5,6)7;1-3-4-2;;;;;;;;;;;;/h1,3-4,7-8,13H,2,5-6,9-11H2;1-5,12H,6-10H2,(H2,18,21,22);9H,2-7H2,1H3;7H,2-6,8H2,1H3;7H,2-6H2,1H3;5H,1-4H2,(H,13,14)(H2,11,15,16);1-3H3;3H,1,4H2,2H3;6*1H3;;;;;;/q;;;;;;;;6*-1;;;;;;. The van der Waals surface area contributed by atoms with Crippen molar-refractivity contribution in [1.82, 2.24) is 8.61 Å². The van der Waals surface area contributed by atoms with Crippen molar-refractivity contribution in [2.24, 2.45) is 55.6 Å². The fraction of sp³-hybridized carbons (Fsp3) is 0.639. The van der Waals surface area contributed by atoms with Gasteiger partial charge in [0, 0.05) is 248 Å². The largest absolute Gasteiger partial charge is 0.481 e. The van der Waals surface area contributed by atoms with Gasteiger partial charge < -0.3 is 73.4 Å².